The number of hydrogen-bond donors (Lipinski definition) is 1. The molecule has 0 saturated carbocycles. The number of ether oxygens (including phenoxy) is 4. The highest BCUT2D eigenvalue weighted by Gasteiger charge is 2.38. The summed E-state index contributed by atoms with van der Waals surface area (Å²) in [6, 6.07) is 5.02. The van der Waals surface area contributed by atoms with Gasteiger partial charge in [-0.15, -0.1) is 0 Å². The Kier molecular flexibility index (Phi) is 7.88. The number of nitrogens with zero attached hydrogens (tertiary/aromatic N) is 2. The monoisotopic (exact) mass is 495 g/mol. The molecule has 1 unspecified atom stereocenters. The van der Waals surface area contributed by atoms with Crippen molar-refractivity contribution in [3.05, 3.63) is 74.9 Å². The number of carbonyl (C=O) groups is 2. The molecular formula is C22H23Cl2N3O6. The third-order valence-corrected chi connectivity index (χ3v) is 5.90. The molecule has 1 N–H and O–H groups in total. The van der Waals surface area contributed by atoms with Gasteiger partial charge in [-0.05, 0) is 25.5 Å². The van der Waals surface area contributed by atoms with E-state index in [1.807, 2.05) is 17.7 Å². The highest BCUT2D eigenvalue weighted by atomic mass is 35.5. The summed E-state index contributed by atoms with van der Waals surface area (Å²) in [4.78, 5) is 28.4. The molecule has 1 aromatic carbocycles. The zero-order valence-corrected chi connectivity index (χ0v) is 20.0. The van der Waals surface area contributed by atoms with Gasteiger partial charge in [-0.3, -0.25) is 0 Å². The lowest BCUT2D eigenvalue weighted by molar-refractivity contribution is 0.0782. The standard InChI is InChI=1S/C22H23Cl2N3O6/c1-12-19(32-21(28)30-3)17(14-6-5-7-15(23)18(14)24)20(33-22(29)31-4)16(26-12)8-10-27-11-9-25-13(27)2/h5-7,9,11,17,26H,8,10H2,1-4H3. The van der Waals surface area contributed by atoms with Crippen molar-refractivity contribution in [3.63, 3.8) is 0 Å². The van der Waals surface area contributed by atoms with E-state index in [9.17, 15) is 9.59 Å². The molecule has 2 heterocycles. The third-order valence-electron chi connectivity index (χ3n) is 5.07. The maximum absolute atomic E-state index is 12.2. The first kappa shape index (κ1) is 24.5. The van der Waals surface area contributed by atoms with Crippen LogP contribution in [0.25, 0.3) is 0 Å². The number of aryl methyl sites for hydroxylation is 2. The maximum Gasteiger partial charge on any atom is 0.513 e. The number of allylic oxidation sites excluding steroid dienone is 2. The highest BCUT2D eigenvalue weighted by Crippen LogP contribution is 2.44. The Morgan fingerprint density at radius 3 is 2.36 bits per heavy atom. The average Bonchev–Trinajstić information content (AvgIpc) is 3.21. The molecular weight excluding hydrogens is 473 g/mol. The van der Waals surface area contributed by atoms with Crippen molar-refractivity contribution in [1.82, 2.24) is 14.9 Å². The Morgan fingerprint density at radius 1 is 1.09 bits per heavy atom. The number of halogens is 2. The molecule has 3 rings (SSSR count). The van der Waals surface area contributed by atoms with Crippen molar-refractivity contribution in [2.75, 3.05) is 14.2 Å². The number of dihydropyridines is 1. The molecule has 0 aliphatic carbocycles. The summed E-state index contributed by atoms with van der Waals surface area (Å²) in [5.74, 6) is 0.258. The highest BCUT2D eigenvalue weighted by molar-refractivity contribution is 6.42. The minimum Gasteiger partial charge on any atom is -0.437 e. The summed E-state index contributed by atoms with van der Waals surface area (Å²) >= 11 is 12.8. The fourth-order valence-electron chi connectivity index (χ4n) is 3.46. The van der Waals surface area contributed by atoms with Gasteiger partial charge in [0, 0.05) is 25.4 Å². The molecule has 1 aromatic heterocycles. The van der Waals surface area contributed by atoms with Crippen LogP contribution in [0.5, 0.6) is 0 Å². The smallest absolute Gasteiger partial charge is 0.437 e. The molecule has 0 radical (unpaired) electrons. The SMILES string of the molecule is COC(=O)OC1=C(C)NC(CCn2ccnc2C)=C(OC(=O)OC)C1c1cccc(Cl)c1Cl. The van der Waals surface area contributed by atoms with E-state index in [0.717, 1.165) is 5.82 Å². The summed E-state index contributed by atoms with van der Waals surface area (Å²) < 4.78 is 22.4. The van der Waals surface area contributed by atoms with Crippen LogP contribution in [-0.2, 0) is 25.5 Å². The first-order valence-electron chi connectivity index (χ1n) is 9.90. The van der Waals surface area contributed by atoms with Crippen LogP contribution < -0.4 is 5.32 Å². The second-order valence-electron chi connectivity index (χ2n) is 7.06. The van der Waals surface area contributed by atoms with Gasteiger partial charge in [-0.2, -0.15) is 0 Å². The van der Waals surface area contributed by atoms with E-state index in [0.29, 0.717) is 29.9 Å². The van der Waals surface area contributed by atoms with Gasteiger partial charge in [-0.1, -0.05) is 35.3 Å². The average molecular weight is 496 g/mol. The van der Waals surface area contributed by atoms with E-state index in [2.05, 4.69) is 15.0 Å². The van der Waals surface area contributed by atoms with Gasteiger partial charge in [-0.25, -0.2) is 14.6 Å². The number of rotatable bonds is 6. The van der Waals surface area contributed by atoms with Crippen molar-refractivity contribution in [1.29, 1.82) is 0 Å². The third kappa shape index (κ3) is 5.43. The fraction of sp³-hybridized carbons (Fsp3) is 0.318. The van der Waals surface area contributed by atoms with Crippen molar-refractivity contribution in [3.8, 4) is 0 Å². The summed E-state index contributed by atoms with van der Waals surface area (Å²) in [6.07, 6.45) is 2.10. The van der Waals surface area contributed by atoms with E-state index in [-0.39, 0.29) is 21.6 Å². The molecule has 0 spiro atoms. The van der Waals surface area contributed by atoms with Crippen molar-refractivity contribution >= 4 is 35.5 Å². The van der Waals surface area contributed by atoms with E-state index < -0.39 is 18.2 Å². The van der Waals surface area contributed by atoms with Crippen molar-refractivity contribution < 1.29 is 28.5 Å². The zero-order chi connectivity index (χ0) is 24.1. The molecule has 1 atom stereocenters. The predicted molar refractivity (Wildman–Crippen MR) is 121 cm³/mol. The van der Waals surface area contributed by atoms with Crippen LogP contribution in [-0.4, -0.2) is 36.1 Å². The number of methoxy groups -OCH3 is 2. The molecule has 2 aromatic rings. The summed E-state index contributed by atoms with van der Waals surface area (Å²) in [5.41, 5.74) is 1.56. The van der Waals surface area contributed by atoms with Gasteiger partial charge in [0.05, 0.1) is 35.7 Å². The van der Waals surface area contributed by atoms with Crippen LogP contribution in [0, 0.1) is 6.92 Å². The molecule has 11 heteroatoms. The van der Waals surface area contributed by atoms with Crippen LogP contribution in [0.4, 0.5) is 9.59 Å². The van der Waals surface area contributed by atoms with Crippen molar-refractivity contribution in [2.45, 2.75) is 32.7 Å². The van der Waals surface area contributed by atoms with Gasteiger partial charge < -0.3 is 28.8 Å². The lowest BCUT2D eigenvalue weighted by Gasteiger charge is -2.31. The zero-order valence-electron chi connectivity index (χ0n) is 18.5. The number of hydrogen-bond acceptors (Lipinski definition) is 8. The minimum absolute atomic E-state index is 0.146. The topological polar surface area (TPSA) is 101 Å². The van der Waals surface area contributed by atoms with Gasteiger partial charge >= 0.3 is 12.3 Å². The van der Waals surface area contributed by atoms with Gasteiger partial charge in [0.2, 0.25) is 0 Å². The second kappa shape index (κ2) is 10.6. The van der Waals surface area contributed by atoms with Crippen LogP contribution in [0.15, 0.2) is 53.5 Å². The minimum atomic E-state index is -0.941. The lowest BCUT2D eigenvalue weighted by Crippen LogP contribution is -2.30. The van der Waals surface area contributed by atoms with Gasteiger partial charge in [0.1, 0.15) is 23.3 Å². The number of carbonyl (C=O) groups excluding carboxylic acids is 2. The van der Waals surface area contributed by atoms with Crippen molar-refractivity contribution in [2.24, 2.45) is 0 Å². The summed E-state index contributed by atoms with van der Waals surface area (Å²) in [5, 5.41) is 3.69. The quantitative estimate of drug-likeness (QED) is 0.539. The van der Waals surface area contributed by atoms with Crippen LogP contribution in [0.2, 0.25) is 10.0 Å². The first-order valence-corrected chi connectivity index (χ1v) is 10.7. The summed E-state index contributed by atoms with van der Waals surface area (Å²) in [6.45, 7) is 4.15. The molecule has 0 amide bonds. The second-order valence-corrected chi connectivity index (χ2v) is 7.85. The number of benzene rings is 1. The first-order chi connectivity index (χ1) is 15.8. The van der Waals surface area contributed by atoms with E-state index in [1.165, 1.54) is 14.2 Å². The molecule has 0 fully saturated rings. The molecule has 0 saturated heterocycles. The predicted octanol–water partition coefficient (Wildman–Crippen LogP) is 5.28. The van der Waals surface area contributed by atoms with E-state index in [1.54, 1.807) is 31.3 Å². The molecule has 1 aliphatic heterocycles. The molecule has 176 valence electrons. The largest absolute Gasteiger partial charge is 0.513 e. The molecule has 9 nitrogen and oxygen atoms in total. The molecule has 1 aliphatic rings. The fourth-order valence-corrected chi connectivity index (χ4v) is 3.88. The molecule has 33 heavy (non-hydrogen) atoms. The van der Waals surface area contributed by atoms with Crippen LogP contribution in [0.3, 0.4) is 0 Å². The lowest BCUT2D eigenvalue weighted by atomic mass is 9.89. The maximum atomic E-state index is 12.2. The van der Waals surface area contributed by atoms with Gasteiger partial charge in [0.25, 0.3) is 0 Å². The Morgan fingerprint density at radius 2 is 1.76 bits per heavy atom. The van der Waals surface area contributed by atoms with Crippen LogP contribution >= 0.6 is 23.2 Å². The van der Waals surface area contributed by atoms with E-state index in [4.69, 9.17) is 37.4 Å². The van der Waals surface area contributed by atoms with Crippen LogP contribution in [0.1, 0.15) is 30.7 Å². The van der Waals surface area contributed by atoms with Gasteiger partial charge in [0.15, 0.2) is 0 Å². The number of nitrogens with one attached hydrogen (secondary N) is 1. The Balaban J connectivity index is 2.14. The summed E-state index contributed by atoms with van der Waals surface area (Å²) in [7, 11) is 2.39. The number of aromatic nitrogens is 2. The number of imidazole rings is 1. The Hall–Kier alpha value is -3.17. The Labute approximate surface area is 200 Å². The molecule has 0 bridgehead atoms. The van der Waals surface area contributed by atoms with E-state index >= 15 is 0 Å². The normalized spacial score (nSPS) is 15.8. The Bertz CT molecular complexity index is 1130.